The first-order valence-corrected chi connectivity index (χ1v) is 23.0. The molecule has 0 fully saturated rings. The fourth-order valence-electron chi connectivity index (χ4n) is 10.3. The van der Waals surface area contributed by atoms with Crippen LogP contribution in [0.1, 0.15) is 0 Å². The molecule has 11 aromatic carbocycles. The molecule has 2 heterocycles. The van der Waals surface area contributed by atoms with Gasteiger partial charge in [0.1, 0.15) is 0 Å². The summed E-state index contributed by atoms with van der Waals surface area (Å²) >= 11 is 0. The topological polar surface area (TPSA) is 13.1 Å². The summed E-state index contributed by atoms with van der Waals surface area (Å²) in [5.41, 5.74) is 17.5. The molecule has 0 atom stereocenters. The molecule has 0 spiro atoms. The number of aromatic nitrogens is 2. The van der Waals surface area contributed by atoms with Crippen molar-refractivity contribution in [3.63, 3.8) is 0 Å². The Labute approximate surface area is 389 Å². The molecule has 0 aliphatic heterocycles. The van der Waals surface area contributed by atoms with Crippen LogP contribution in [0.25, 0.3) is 99.1 Å². The molecule has 0 unspecified atom stereocenters. The van der Waals surface area contributed by atoms with Gasteiger partial charge >= 0.3 is 0 Å². The second kappa shape index (κ2) is 16.0. The van der Waals surface area contributed by atoms with E-state index in [0.717, 1.165) is 28.4 Å². The van der Waals surface area contributed by atoms with Gasteiger partial charge in [-0.3, -0.25) is 0 Å². The highest BCUT2D eigenvalue weighted by Gasteiger charge is 2.22. The summed E-state index contributed by atoms with van der Waals surface area (Å²) < 4.78 is 4.92. The van der Waals surface area contributed by atoms with Gasteiger partial charge in [-0.2, -0.15) is 0 Å². The second-order valence-electron chi connectivity index (χ2n) is 17.4. The first kappa shape index (κ1) is 38.5. The fraction of sp³-hybridized carbons (Fsp3) is 0. The van der Waals surface area contributed by atoms with Crippen LogP contribution in [0.3, 0.4) is 0 Å². The molecule has 0 amide bonds. The maximum Gasteiger partial charge on any atom is 0.0641 e. The predicted molar refractivity (Wildman–Crippen MR) is 284 cm³/mol. The average Bonchev–Trinajstić information content (AvgIpc) is 3.93. The molecule has 314 valence electrons. The van der Waals surface area contributed by atoms with Crippen LogP contribution in [0.5, 0.6) is 0 Å². The Bertz CT molecular complexity index is 3940. The van der Waals surface area contributed by atoms with Crippen molar-refractivity contribution in [1.82, 2.24) is 9.13 Å². The summed E-state index contributed by atoms with van der Waals surface area (Å²) in [5.74, 6) is 0. The van der Waals surface area contributed by atoms with Gasteiger partial charge in [-0.1, -0.05) is 182 Å². The highest BCUT2D eigenvalue weighted by molar-refractivity contribution is 6.26. The van der Waals surface area contributed by atoms with Crippen molar-refractivity contribution in [1.29, 1.82) is 0 Å². The lowest BCUT2D eigenvalue weighted by molar-refractivity contribution is 1.18. The van der Waals surface area contributed by atoms with Gasteiger partial charge in [-0.25, -0.2) is 0 Å². The molecule has 0 N–H and O–H groups in total. The Morgan fingerprint density at radius 3 is 1.43 bits per heavy atom. The monoisotopic (exact) mass is 853 g/mol. The van der Waals surface area contributed by atoms with Gasteiger partial charge in [0.25, 0.3) is 0 Å². The minimum atomic E-state index is 1.10. The molecule has 0 aliphatic carbocycles. The van der Waals surface area contributed by atoms with E-state index in [2.05, 4.69) is 275 Å². The molecule has 3 nitrogen and oxygen atoms in total. The van der Waals surface area contributed by atoms with E-state index in [1.165, 1.54) is 87.8 Å². The third-order valence-electron chi connectivity index (χ3n) is 13.5. The minimum Gasteiger partial charge on any atom is -0.310 e. The molecule has 0 aliphatic rings. The number of nitrogens with zero attached hydrogens (tertiary/aromatic N) is 3. The lowest BCUT2D eigenvalue weighted by Gasteiger charge is -2.26. The molecule has 67 heavy (non-hydrogen) atoms. The number of anilines is 3. The first-order chi connectivity index (χ1) is 33.2. The molecular formula is C64H43N3. The maximum atomic E-state index is 2.49. The van der Waals surface area contributed by atoms with Crippen LogP contribution in [-0.2, 0) is 0 Å². The van der Waals surface area contributed by atoms with Gasteiger partial charge in [0.05, 0.1) is 22.1 Å². The van der Waals surface area contributed by atoms with Crippen molar-refractivity contribution in [2.24, 2.45) is 0 Å². The van der Waals surface area contributed by atoms with Gasteiger partial charge in [0.15, 0.2) is 0 Å². The van der Waals surface area contributed by atoms with Gasteiger partial charge in [-0.15, -0.1) is 0 Å². The third-order valence-corrected chi connectivity index (χ3v) is 13.5. The molecule has 13 aromatic rings. The normalized spacial score (nSPS) is 11.6. The number of hydrogen-bond acceptors (Lipinski definition) is 1. The largest absolute Gasteiger partial charge is 0.310 e. The Morgan fingerprint density at radius 2 is 0.746 bits per heavy atom. The average molecular weight is 854 g/mol. The third kappa shape index (κ3) is 6.59. The van der Waals surface area contributed by atoms with Gasteiger partial charge < -0.3 is 14.0 Å². The van der Waals surface area contributed by atoms with Gasteiger partial charge in [0.2, 0.25) is 0 Å². The highest BCUT2D eigenvalue weighted by atomic mass is 15.1. The minimum absolute atomic E-state index is 1.10. The number of rotatable bonds is 8. The molecule has 13 rings (SSSR count). The van der Waals surface area contributed by atoms with Crippen LogP contribution in [-0.4, -0.2) is 9.13 Å². The van der Waals surface area contributed by atoms with Crippen LogP contribution in [0, 0.1) is 0 Å². The van der Waals surface area contributed by atoms with Crippen LogP contribution in [0.4, 0.5) is 17.1 Å². The van der Waals surface area contributed by atoms with E-state index < -0.39 is 0 Å². The molecule has 2 aromatic heterocycles. The summed E-state index contributed by atoms with van der Waals surface area (Å²) in [6.07, 6.45) is 0. The van der Waals surface area contributed by atoms with E-state index in [9.17, 15) is 0 Å². The zero-order valence-electron chi connectivity index (χ0n) is 36.7. The smallest absolute Gasteiger partial charge is 0.0641 e. The van der Waals surface area contributed by atoms with Crippen LogP contribution >= 0.6 is 0 Å². The Hall–Kier alpha value is -8.92. The van der Waals surface area contributed by atoms with Crippen LogP contribution in [0.2, 0.25) is 0 Å². The van der Waals surface area contributed by atoms with Crippen molar-refractivity contribution in [2.75, 3.05) is 4.90 Å². The molecule has 0 saturated heterocycles. The zero-order valence-corrected chi connectivity index (χ0v) is 36.7. The molecule has 0 radical (unpaired) electrons. The van der Waals surface area contributed by atoms with Gasteiger partial charge in [-0.05, 0) is 123 Å². The van der Waals surface area contributed by atoms with Crippen molar-refractivity contribution in [3.05, 3.63) is 261 Å². The zero-order chi connectivity index (χ0) is 44.3. The number of benzene rings is 11. The lowest BCUT2D eigenvalue weighted by Crippen LogP contribution is -2.10. The van der Waals surface area contributed by atoms with Crippen molar-refractivity contribution < 1.29 is 0 Å². The summed E-state index contributed by atoms with van der Waals surface area (Å²) in [7, 11) is 0. The summed E-state index contributed by atoms with van der Waals surface area (Å²) in [4.78, 5) is 2.38. The number of hydrogen-bond donors (Lipinski definition) is 0. The van der Waals surface area contributed by atoms with E-state index in [4.69, 9.17) is 0 Å². The van der Waals surface area contributed by atoms with Crippen molar-refractivity contribution >= 4 is 71.4 Å². The Balaban J connectivity index is 0.959. The summed E-state index contributed by atoms with van der Waals surface area (Å²) in [5, 5.41) is 7.32. The fourth-order valence-corrected chi connectivity index (χ4v) is 10.3. The highest BCUT2D eigenvalue weighted by Crippen LogP contribution is 2.44. The molecule has 3 heteroatoms. The van der Waals surface area contributed by atoms with Crippen molar-refractivity contribution in [3.8, 4) is 44.8 Å². The number of para-hydroxylation sites is 2. The van der Waals surface area contributed by atoms with E-state index in [-0.39, 0.29) is 0 Å². The Kier molecular flexibility index (Phi) is 9.17. The van der Waals surface area contributed by atoms with E-state index >= 15 is 0 Å². The molecule has 0 saturated carbocycles. The standard InChI is InChI=1S/C64H43N3/c1-4-15-44(16-5-1)47-27-33-52(34-28-47)65(54-22-14-21-49(41-54)46-19-8-3-9-20-46)55-37-31-51-43-56(38-32-50(51)42-55)67-60-25-12-10-23-57(60)58-39-40-62-63(64(58)67)59-24-11-13-26-61(59)66(62)53-35-29-48(30-36-53)45-17-6-2-7-18-45/h1-43H. The second-order valence-corrected chi connectivity index (χ2v) is 17.4. The maximum absolute atomic E-state index is 2.49. The van der Waals surface area contributed by atoms with E-state index in [1.807, 2.05) is 0 Å². The first-order valence-electron chi connectivity index (χ1n) is 23.0. The lowest BCUT2D eigenvalue weighted by atomic mass is 10.0. The summed E-state index contributed by atoms with van der Waals surface area (Å²) in [6.45, 7) is 0. The molecule has 0 bridgehead atoms. The van der Waals surface area contributed by atoms with Crippen LogP contribution in [0.15, 0.2) is 261 Å². The summed E-state index contributed by atoms with van der Waals surface area (Å²) in [6, 6.07) is 94.8. The number of fused-ring (bicyclic) bond motifs is 8. The van der Waals surface area contributed by atoms with Crippen molar-refractivity contribution in [2.45, 2.75) is 0 Å². The van der Waals surface area contributed by atoms with Gasteiger partial charge in [0, 0.05) is 50.0 Å². The Morgan fingerprint density at radius 1 is 0.254 bits per heavy atom. The van der Waals surface area contributed by atoms with E-state index in [1.54, 1.807) is 0 Å². The SMILES string of the molecule is c1ccc(-c2ccc(N(c3cccc(-c4ccccc4)c3)c3ccc4cc(-n5c6ccccc6c6ccc7c(c8ccccc8n7-c7ccc(-c8ccccc8)cc7)c65)ccc4c3)cc2)cc1. The molecular weight excluding hydrogens is 811 g/mol. The van der Waals surface area contributed by atoms with Crippen LogP contribution < -0.4 is 4.90 Å². The predicted octanol–water partition coefficient (Wildman–Crippen LogP) is 17.5. The quantitative estimate of drug-likeness (QED) is 0.148. The van der Waals surface area contributed by atoms with E-state index in [0.29, 0.717) is 0 Å².